The minimum atomic E-state index is -0.469. The van der Waals surface area contributed by atoms with Crippen molar-refractivity contribution in [2.75, 3.05) is 58.9 Å². The van der Waals surface area contributed by atoms with Gasteiger partial charge in [-0.1, -0.05) is 62.3 Å². The summed E-state index contributed by atoms with van der Waals surface area (Å²) in [5, 5.41) is 122. The van der Waals surface area contributed by atoms with Gasteiger partial charge in [-0.3, -0.25) is 4.90 Å². The number of nitrogens with one attached hydrogen (secondary N) is 6. The third-order valence-electron chi connectivity index (χ3n) is 33.4. The van der Waals surface area contributed by atoms with Crippen LogP contribution in [0.2, 0.25) is 0 Å². The average molecular weight is 1360 g/mol. The van der Waals surface area contributed by atoms with Crippen molar-refractivity contribution >= 4 is 18.1 Å². The molecule has 0 spiro atoms. The number of aliphatic hydroxyl groups is 9. The van der Waals surface area contributed by atoms with E-state index in [0.29, 0.717) is 78.2 Å². The van der Waals surface area contributed by atoms with E-state index in [4.69, 9.17) is 0 Å². The van der Waals surface area contributed by atoms with Gasteiger partial charge in [0.1, 0.15) is 0 Å². The zero-order chi connectivity index (χ0) is 69.5. The van der Waals surface area contributed by atoms with Gasteiger partial charge in [0.25, 0.3) is 0 Å². The molecule has 0 heterocycles. The minimum Gasteiger partial charge on any atom is -0.393 e. The van der Waals surface area contributed by atoms with Crippen LogP contribution in [0.15, 0.2) is 0 Å². The lowest BCUT2D eigenvalue weighted by Crippen LogP contribution is -2.62. The van der Waals surface area contributed by atoms with E-state index in [0.717, 1.165) is 135 Å². The van der Waals surface area contributed by atoms with Crippen LogP contribution in [-0.2, 0) is 0 Å². The highest BCUT2D eigenvalue weighted by atomic mass is 16.3. The third-order valence-corrected chi connectivity index (χ3v) is 33.4. The number of urea groups is 3. The molecule has 33 atom stereocenters. The number of hydrogen-bond donors (Lipinski definition) is 15. The Hall–Kier alpha value is -2.59. The van der Waals surface area contributed by atoms with E-state index < -0.39 is 36.6 Å². The molecule has 0 radical (unpaired) electrons. The van der Waals surface area contributed by atoms with Crippen molar-refractivity contribution < 1.29 is 60.3 Å². The van der Waals surface area contributed by atoms with Gasteiger partial charge in [0.15, 0.2) is 0 Å². The summed E-state index contributed by atoms with van der Waals surface area (Å²) in [6.07, 6.45) is 16.3. The maximum Gasteiger partial charge on any atom is 0.314 e. The summed E-state index contributed by atoms with van der Waals surface area (Å²) in [4.78, 5) is 42.5. The molecule has 0 aliphatic heterocycles. The molecule has 0 bridgehead atoms. The molecule has 6 amide bonds. The average Bonchev–Trinajstić information content (AvgIpc) is 1.66. The van der Waals surface area contributed by atoms with Crippen LogP contribution in [0.3, 0.4) is 0 Å². The number of nitrogens with zero attached hydrogens (tertiary/aromatic N) is 1. The number of amides is 6. The van der Waals surface area contributed by atoms with E-state index >= 15 is 0 Å². The lowest BCUT2D eigenvalue weighted by Gasteiger charge is -2.63. The fraction of sp³-hybridized carbons (Fsp3) is 0.962. The molecule has 12 saturated carbocycles. The van der Waals surface area contributed by atoms with Crippen molar-refractivity contribution in [3.05, 3.63) is 0 Å². The number of aliphatic hydroxyl groups excluding tert-OH is 9. The second kappa shape index (κ2) is 29.2. The molecule has 12 rings (SSSR count). The summed E-state index contributed by atoms with van der Waals surface area (Å²) in [5.41, 5.74) is -0.904. The zero-order valence-corrected chi connectivity index (χ0v) is 61.1. The second-order valence-corrected chi connectivity index (χ2v) is 37.3. The van der Waals surface area contributed by atoms with E-state index in [1.54, 1.807) is 0 Å². The Morgan fingerprint density at radius 3 is 0.876 bits per heavy atom. The van der Waals surface area contributed by atoms with Crippen LogP contribution in [0.5, 0.6) is 0 Å². The van der Waals surface area contributed by atoms with E-state index in [1.807, 2.05) is 0 Å². The third kappa shape index (κ3) is 13.5. The first-order valence-corrected chi connectivity index (χ1v) is 39.9. The predicted octanol–water partition coefficient (Wildman–Crippen LogP) is 8.15. The molecule has 0 aromatic heterocycles. The summed E-state index contributed by atoms with van der Waals surface area (Å²) >= 11 is 0. The van der Waals surface area contributed by atoms with Crippen molar-refractivity contribution in [2.24, 2.45) is 139 Å². The molecule has 0 aromatic carbocycles. The number of rotatable bonds is 21. The molecule has 19 heteroatoms. The molecule has 0 saturated heterocycles. The van der Waals surface area contributed by atoms with Gasteiger partial charge in [0, 0.05) is 58.9 Å². The number of fused-ring (bicyclic) bond motifs is 15. The highest BCUT2D eigenvalue weighted by Crippen LogP contribution is 2.72. The second-order valence-electron chi connectivity index (χ2n) is 37.3. The fourth-order valence-electron chi connectivity index (χ4n) is 27.7. The van der Waals surface area contributed by atoms with Crippen molar-refractivity contribution in [1.29, 1.82) is 0 Å². The summed E-state index contributed by atoms with van der Waals surface area (Å²) in [7, 11) is 0. The molecule has 12 aliphatic carbocycles. The van der Waals surface area contributed by atoms with Crippen LogP contribution < -0.4 is 31.9 Å². The molecule has 3 unspecified atom stereocenters. The van der Waals surface area contributed by atoms with Crippen molar-refractivity contribution in [3.8, 4) is 0 Å². The molecule has 19 nitrogen and oxygen atoms in total. The van der Waals surface area contributed by atoms with Crippen LogP contribution in [0, 0.1) is 139 Å². The molecule has 0 aromatic rings. The van der Waals surface area contributed by atoms with Gasteiger partial charge < -0.3 is 77.9 Å². The van der Waals surface area contributed by atoms with Gasteiger partial charge in [-0.15, -0.1) is 0 Å². The zero-order valence-electron chi connectivity index (χ0n) is 61.1. The molecule has 12 aliphatic rings. The Kier molecular flexibility index (Phi) is 22.3. The lowest BCUT2D eigenvalue weighted by atomic mass is 9.43. The predicted molar refractivity (Wildman–Crippen MR) is 374 cm³/mol. The Morgan fingerprint density at radius 1 is 0.351 bits per heavy atom. The normalized spacial score (nSPS) is 48.9. The van der Waals surface area contributed by atoms with E-state index in [1.165, 1.54) is 0 Å². The maximum absolute atomic E-state index is 13.5. The van der Waals surface area contributed by atoms with Gasteiger partial charge in [-0.05, 0) is 293 Å². The smallest absolute Gasteiger partial charge is 0.314 e. The summed E-state index contributed by atoms with van der Waals surface area (Å²) in [6.45, 7) is 24.6. The first-order valence-electron chi connectivity index (χ1n) is 39.9. The van der Waals surface area contributed by atoms with Crippen molar-refractivity contribution in [3.63, 3.8) is 0 Å². The Labute approximate surface area is 581 Å². The van der Waals surface area contributed by atoms with Gasteiger partial charge in [-0.25, -0.2) is 14.4 Å². The highest BCUT2D eigenvalue weighted by molar-refractivity contribution is 5.74. The van der Waals surface area contributed by atoms with Gasteiger partial charge >= 0.3 is 18.1 Å². The summed E-state index contributed by atoms with van der Waals surface area (Å²) < 4.78 is 0. The first-order chi connectivity index (χ1) is 46.0. The lowest BCUT2D eigenvalue weighted by molar-refractivity contribution is -0.207. The summed E-state index contributed by atoms with van der Waals surface area (Å²) in [5.74, 6) is 4.21. The Morgan fingerprint density at radius 2 is 0.608 bits per heavy atom. The van der Waals surface area contributed by atoms with Crippen LogP contribution in [-0.4, -0.2) is 183 Å². The molecule has 12 fully saturated rings. The topological polar surface area (TPSA) is 309 Å². The highest BCUT2D eigenvalue weighted by Gasteiger charge is 2.69. The van der Waals surface area contributed by atoms with Crippen LogP contribution in [0.4, 0.5) is 14.4 Å². The number of carbonyl (C=O) groups excluding carboxylic acids is 3. The van der Waals surface area contributed by atoms with Gasteiger partial charge in [-0.2, -0.15) is 0 Å². The van der Waals surface area contributed by atoms with Crippen molar-refractivity contribution in [1.82, 2.24) is 36.8 Å². The van der Waals surface area contributed by atoms with E-state index in [2.05, 4.69) is 99.1 Å². The number of hydrogen-bond acceptors (Lipinski definition) is 13. The molecule has 97 heavy (non-hydrogen) atoms. The van der Waals surface area contributed by atoms with Gasteiger partial charge in [0.05, 0.1) is 54.9 Å². The van der Waals surface area contributed by atoms with Crippen LogP contribution in [0.1, 0.15) is 216 Å². The molecule has 15 N–H and O–H groups in total. The standard InChI is InChI=1S/C78H135N7O12/c1-43(52-10-13-55-67-58(40-64(92)76(52,55)7)73(4)22-16-49(86)34-46(73)37-61(67)89)19-25-79-70(95)82-28-31-85(32-29-83-71(96)80-26-20-44(2)53-11-14-56-68-59(41-65(93)77(53,56)8)74(5)23-17-50(87)35-47(74)38-62(68)90)33-30-84-72(97)81-27-21-45(3)54-12-15-57-69-60(42-66(94)78(54,57)9)75(6)24-18-51(88)36-48(75)39-63(69)91/h43-69,86-94H,10-42H2,1-9H3,(H2,79,82,95)(H2,80,83,96)(H2,81,84,97)/t43-,44-,45-,46-,47-,48-,49+,50+,51+,52?,53?,54?,55-,56-,57-,58-,59-,60-,61+,62+,63+,64-,65-,66-,67-,68-,69-,73-,74-,75-,76+,77+,78+/m0/s1. The Bertz CT molecular complexity index is 2440. The van der Waals surface area contributed by atoms with Gasteiger partial charge in [0.2, 0.25) is 0 Å². The molecule has 554 valence electrons. The SMILES string of the molecule is C[C@@H](CCNC(=O)NCCN(CCNC(=O)NCC[C@H](C)C1CC[C@H]2[C@@H]3[C@H](O)C[C@@H]4C[C@H](O)CC[C@]4(C)[C@H]3C[C@H](O)[C@]12C)CCNC(=O)NCC[C@H](C)C1CC[C@H]2[C@@H]3[C@H](O)C[C@@H]4C[C@H](O)CC[C@]4(C)[C@H]3C[C@H](O)[C@]12C)C1CC[C@H]2[C@@H]3[C@H](O)C[C@@H]4C[C@H](O)CC[C@]4(C)[C@H]3C[C@H](O)[C@]12C. The van der Waals surface area contributed by atoms with E-state index in [-0.39, 0.29) is 175 Å². The Balaban J connectivity index is 0.604. The quantitative estimate of drug-likeness (QED) is 0.0517. The van der Waals surface area contributed by atoms with Crippen LogP contribution >= 0.6 is 0 Å². The minimum absolute atomic E-state index is 0.0191. The fourth-order valence-corrected chi connectivity index (χ4v) is 27.7. The first kappa shape index (κ1) is 74.1. The molecular formula is C78H135N7O12. The number of carbonyl (C=O) groups is 3. The summed E-state index contributed by atoms with van der Waals surface area (Å²) in [6, 6.07) is -0.789. The van der Waals surface area contributed by atoms with E-state index in [9.17, 15) is 60.3 Å². The maximum atomic E-state index is 13.5. The monoisotopic (exact) mass is 1360 g/mol. The van der Waals surface area contributed by atoms with Crippen LogP contribution in [0.25, 0.3) is 0 Å². The molecular weight excluding hydrogens is 1230 g/mol. The van der Waals surface area contributed by atoms with Crippen molar-refractivity contribution in [2.45, 2.75) is 271 Å². The largest absolute Gasteiger partial charge is 0.393 e.